The minimum Gasteiger partial charge on any atom is -0.444 e. The fourth-order valence-electron chi connectivity index (χ4n) is 4.83. The monoisotopic (exact) mass is 587 g/mol. The Labute approximate surface area is 247 Å². The van der Waals surface area contributed by atoms with E-state index in [9.17, 15) is 14.4 Å². The Kier molecular flexibility index (Phi) is 10.6. The van der Waals surface area contributed by atoms with Crippen molar-refractivity contribution < 1.29 is 19.1 Å². The minimum absolute atomic E-state index is 0.145. The van der Waals surface area contributed by atoms with Crippen molar-refractivity contribution in [2.24, 2.45) is 5.92 Å². The third-order valence-electron chi connectivity index (χ3n) is 7.00. The molecule has 2 aromatic carbocycles. The number of hydrogen-bond donors (Lipinski definition) is 2. The lowest BCUT2D eigenvalue weighted by Crippen LogP contribution is -2.53. The number of alkyl carbamates (subject to hydrolysis) is 1. The molecule has 0 aromatic heterocycles. The van der Waals surface area contributed by atoms with Crippen molar-refractivity contribution in [1.82, 2.24) is 10.2 Å². The number of ether oxygens (including phenoxy) is 1. The summed E-state index contributed by atoms with van der Waals surface area (Å²) in [7, 11) is 0. The first-order valence-corrected chi connectivity index (χ1v) is 15.4. The van der Waals surface area contributed by atoms with Gasteiger partial charge >= 0.3 is 6.09 Å². The van der Waals surface area contributed by atoms with Gasteiger partial charge < -0.3 is 20.3 Å². The van der Waals surface area contributed by atoms with Crippen LogP contribution in [0, 0.1) is 26.7 Å². The zero-order chi connectivity index (χ0) is 29.8. The summed E-state index contributed by atoms with van der Waals surface area (Å²) >= 11 is 8.06. The standard InChI is InChI=1S/C31H42ClN3O4S/c1-18-12-13-22(20(3)16-18)27(28(36)34-26-19(2)10-9-11-23(26)32)35(25-17-21(25)4)29(37)24(14-15-40-8)33-30(38)39-31(5,6)7/h9-13,16,21,24-25,27H,14-15,17H2,1-8H3,(H,33,38)(H,34,36). The maximum atomic E-state index is 14.4. The van der Waals surface area contributed by atoms with Crippen LogP contribution in [-0.2, 0) is 14.3 Å². The van der Waals surface area contributed by atoms with Gasteiger partial charge in [0.1, 0.15) is 17.7 Å². The van der Waals surface area contributed by atoms with E-state index in [1.807, 2.05) is 57.4 Å². The van der Waals surface area contributed by atoms with Gasteiger partial charge in [-0.15, -0.1) is 0 Å². The number of halogens is 1. The quantitative estimate of drug-likeness (QED) is 0.318. The largest absolute Gasteiger partial charge is 0.444 e. The minimum atomic E-state index is -0.920. The van der Waals surface area contributed by atoms with Gasteiger partial charge in [-0.25, -0.2) is 4.79 Å². The van der Waals surface area contributed by atoms with Crippen molar-refractivity contribution in [3.63, 3.8) is 0 Å². The molecule has 218 valence electrons. The van der Waals surface area contributed by atoms with Crippen LogP contribution in [0.3, 0.4) is 0 Å². The summed E-state index contributed by atoms with van der Waals surface area (Å²) in [5.41, 5.74) is 3.33. The molecule has 2 N–H and O–H groups in total. The van der Waals surface area contributed by atoms with E-state index in [1.165, 1.54) is 0 Å². The highest BCUT2D eigenvalue weighted by atomic mass is 35.5. The predicted molar refractivity (Wildman–Crippen MR) is 164 cm³/mol. The molecular formula is C31H42ClN3O4S. The third-order valence-corrected chi connectivity index (χ3v) is 7.95. The molecular weight excluding hydrogens is 546 g/mol. The van der Waals surface area contributed by atoms with E-state index in [0.29, 0.717) is 22.9 Å². The number of nitrogens with one attached hydrogen (secondary N) is 2. The number of rotatable bonds is 10. The number of nitrogens with zero attached hydrogens (tertiary/aromatic N) is 1. The first kappa shape index (κ1) is 31.8. The molecule has 40 heavy (non-hydrogen) atoms. The van der Waals surface area contributed by atoms with Crippen LogP contribution in [0.15, 0.2) is 36.4 Å². The SMILES string of the molecule is CSCCC(NC(=O)OC(C)(C)C)C(=O)N(C(C(=O)Nc1c(C)cccc1Cl)c1ccc(C)cc1C)C1CC1C. The molecule has 1 fully saturated rings. The van der Waals surface area contributed by atoms with Crippen molar-refractivity contribution in [2.75, 3.05) is 17.3 Å². The summed E-state index contributed by atoms with van der Waals surface area (Å²) in [5.74, 6) is 0.219. The Balaban J connectivity index is 2.08. The number of thioether (sulfide) groups is 1. The first-order valence-electron chi connectivity index (χ1n) is 13.7. The van der Waals surface area contributed by atoms with E-state index >= 15 is 0 Å². The lowest BCUT2D eigenvalue weighted by Gasteiger charge is -2.36. The summed E-state index contributed by atoms with van der Waals surface area (Å²) in [4.78, 5) is 43.1. The normalized spacial score (nSPS) is 17.9. The van der Waals surface area contributed by atoms with Crippen LogP contribution in [0.2, 0.25) is 5.02 Å². The molecule has 3 amide bonds. The fourth-order valence-corrected chi connectivity index (χ4v) is 5.57. The zero-order valence-corrected chi connectivity index (χ0v) is 26.3. The smallest absolute Gasteiger partial charge is 0.408 e. The van der Waals surface area contributed by atoms with Crippen molar-refractivity contribution in [1.29, 1.82) is 0 Å². The second kappa shape index (κ2) is 13.3. The molecule has 0 radical (unpaired) electrons. The van der Waals surface area contributed by atoms with E-state index in [4.69, 9.17) is 16.3 Å². The summed E-state index contributed by atoms with van der Waals surface area (Å²) in [6.07, 6.45) is 2.47. The molecule has 0 spiro atoms. The third kappa shape index (κ3) is 8.16. The highest BCUT2D eigenvalue weighted by molar-refractivity contribution is 7.98. The molecule has 1 aliphatic rings. The van der Waals surface area contributed by atoms with Gasteiger partial charge in [-0.2, -0.15) is 11.8 Å². The van der Waals surface area contributed by atoms with Crippen LogP contribution in [-0.4, -0.2) is 52.5 Å². The fraction of sp³-hybridized carbons (Fsp3) is 0.516. The lowest BCUT2D eigenvalue weighted by atomic mass is 9.95. The van der Waals surface area contributed by atoms with Crippen LogP contribution < -0.4 is 10.6 Å². The van der Waals surface area contributed by atoms with Gasteiger partial charge in [-0.05, 0) is 95.1 Å². The second-order valence-corrected chi connectivity index (χ2v) is 13.1. The molecule has 1 aliphatic carbocycles. The van der Waals surface area contributed by atoms with Gasteiger partial charge in [-0.3, -0.25) is 9.59 Å². The zero-order valence-electron chi connectivity index (χ0n) is 24.8. The van der Waals surface area contributed by atoms with Crippen LogP contribution in [0.25, 0.3) is 0 Å². The average molecular weight is 588 g/mol. The first-order chi connectivity index (χ1) is 18.7. The number of benzene rings is 2. The molecule has 4 atom stereocenters. The highest BCUT2D eigenvalue weighted by Gasteiger charge is 2.48. The topological polar surface area (TPSA) is 87.7 Å². The molecule has 4 unspecified atom stereocenters. The number of anilines is 1. The van der Waals surface area contributed by atoms with Gasteiger partial charge in [-0.1, -0.05) is 54.4 Å². The van der Waals surface area contributed by atoms with Crippen molar-refractivity contribution in [3.05, 3.63) is 63.7 Å². The Hall–Kier alpha value is -2.71. The Morgan fingerprint density at radius 3 is 2.35 bits per heavy atom. The Bertz CT molecular complexity index is 1230. The lowest BCUT2D eigenvalue weighted by molar-refractivity contribution is -0.141. The average Bonchev–Trinajstić information content (AvgIpc) is 3.57. The summed E-state index contributed by atoms with van der Waals surface area (Å²) in [5, 5.41) is 6.26. The maximum absolute atomic E-state index is 14.4. The van der Waals surface area contributed by atoms with Gasteiger partial charge in [0.05, 0.1) is 10.7 Å². The van der Waals surface area contributed by atoms with E-state index in [0.717, 1.165) is 28.7 Å². The molecule has 0 saturated heterocycles. The van der Waals surface area contributed by atoms with Gasteiger partial charge in [0, 0.05) is 6.04 Å². The van der Waals surface area contributed by atoms with Crippen LogP contribution in [0.1, 0.15) is 68.8 Å². The molecule has 0 bridgehead atoms. The number of carbonyl (C=O) groups is 3. The van der Waals surface area contributed by atoms with E-state index in [-0.39, 0.29) is 23.8 Å². The molecule has 1 saturated carbocycles. The summed E-state index contributed by atoms with van der Waals surface area (Å²) in [6.45, 7) is 13.2. The van der Waals surface area contributed by atoms with Crippen LogP contribution in [0.5, 0.6) is 0 Å². The van der Waals surface area contributed by atoms with Gasteiger partial charge in [0.25, 0.3) is 5.91 Å². The number of carbonyl (C=O) groups excluding carboxylic acids is 3. The van der Waals surface area contributed by atoms with Crippen molar-refractivity contribution in [2.45, 2.75) is 85.0 Å². The van der Waals surface area contributed by atoms with Crippen LogP contribution in [0.4, 0.5) is 10.5 Å². The van der Waals surface area contributed by atoms with Crippen molar-refractivity contribution >= 4 is 47.0 Å². The van der Waals surface area contributed by atoms with Gasteiger partial charge in [0.15, 0.2) is 0 Å². The van der Waals surface area contributed by atoms with Crippen LogP contribution >= 0.6 is 23.4 Å². The highest BCUT2D eigenvalue weighted by Crippen LogP contribution is 2.42. The molecule has 3 rings (SSSR count). The van der Waals surface area contributed by atoms with E-state index < -0.39 is 23.8 Å². The van der Waals surface area contributed by atoms with Crippen molar-refractivity contribution in [3.8, 4) is 0 Å². The Morgan fingerprint density at radius 1 is 1.12 bits per heavy atom. The van der Waals surface area contributed by atoms with E-state index in [1.54, 1.807) is 43.5 Å². The molecule has 2 aromatic rings. The maximum Gasteiger partial charge on any atom is 0.408 e. The number of hydrogen-bond acceptors (Lipinski definition) is 5. The Morgan fingerprint density at radius 2 is 1.80 bits per heavy atom. The van der Waals surface area contributed by atoms with E-state index in [2.05, 4.69) is 17.6 Å². The number of aryl methyl sites for hydroxylation is 3. The number of para-hydroxylation sites is 1. The predicted octanol–water partition coefficient (Wildman–Crippen LogP) is 6.83. The molecule has 7 nitrogen and oxygen atoms in total. The van der Waals surface area contributed by atoms with Gasteiger partial charge in [0.2, 0.25) is 5.91 Å². The molecule has 9 heteroatoms. The summed E-state index contributed by atoms with van der Waals surface area (Å²) < 4.78 is 5.48. The molecule has 0 heterocycles. The second-order valence-electron chi connectivity index (χ2n) is 11.7. The molecule has 0 aliphatic heterocycles. The summed E-state index contributed by atoms with van der Waals surface area (Å²) in [6, 6.07) is 9.40. The number of amides is 3.